The Morgan fingerprint density at radius 2 is 1.95 bits per heavy atom. The van der Waals surface area contributed by atoms with Crippen molar-refractivity contribution in [2.24, 2.45) is 11.1 Å². The maximum absolute atomic E-state index is 12.3. The molecule has 1 amide bonds. The molecule has 0 saturated carbocycles. The van der Waals surface area contributed by atoms with Crippen LogP contribution in [-0.4, -0.2) is 23.9 Å². The van der Waals surface area contributed by atoms with Crippen molar-refractivity contribution in [3.8, 4) is 0 Å². The zero-order valence-corrected chi connectivity index (χ0v) is 13.7. The Hall–Kier alpha value is -1.52. The lowest BCUT2D eigenvalue weighted by atomic mass is 9.86. The number of furan rings is 1. The molecule has 0 bridgehead atoms. The molecular weight excluding hydrogens is 288 g/mol. The lowest BCUT2D eigenvalue weighted by molar-refractivity contribution is -0.134. The molecule has 0 saturated heterocycles. The molecule has 0 radical (unpaired) electrons. The van der Waals surface area contributed by atoms with Gasteiger partial charge in [-0.3, -0.25) is 4.79 Å². The molecule has 2 N–H and O–H groups in total. The molecule has 116 valence electrons. The average Bonchev–Trinajstić information content (AvgIpc) is 2.77. The minimum Gasteiger partial charge on any atom is -0.459 e. The number of likely N-dealkylation sites (N-methyl/N-ethyl adjacent to an activating group) is 1. The first kappa shape index (κ1) is 17.5. The molecule has 2 rings (SSSR count). The first-order valence-corrected chi connectivity index (χ1v) is 6.77. The smallest absolute Gasteiger partial charge is 0.240 e. The highest BCUT2D eigenvalue weighted by Crippen LogP contribution is 2.22. The third-order valence-electron chi connectivity index (χ3n) is 3.44. The predicted molar refractivity (Wildman–Crippen MR) is 87.4 cm³/mol. The van der Waals surface area contributed by atoms with E-state index < -0.39 is 6.04 Å². The second-order valence-electron chi connectivity index (χ2n) is 6.29. The van der Waals surface area contributed by atoms with E-state index in [4.69, 9.17) is 10.2 Å². The zero-order chi connectivity index (χ0) is 14.9. The number of hydrogen-bond acceptors (Lipinski definition) is 3. The van der Waals surface area contributed by atoms with Crippen LogP contribution in [0.1, 0.15) is 26.5 Å². The second kappa shape index (κ2) is 6.50. The van der Waals surface area contributed by atoms with E-state index in [0.29, 0.717) is 6.54 Å². The number of amides is 1. The molecule has 0 aliphatic rings. The number of nitrogens with two attached hydrogens (primary N) is 1. The fourth-order valence-electron chi connectivity index (χ4n) is 2.03. The van der Waals surface area contributed by atoms with E-state index in [0.717, 1.165) is 16.7 Å². The Morgan fingerprint density at radius 3 is 2.52 bits per heavy atom. The van der Waals surface area contributed by atoms with Gasteiger partial charge in [-0.25, -0.2) is 0 Å². The zero-order valence-electron chi connectivity index (χ0n) is 12.9. The van der Waals surface area contributed by atoms with Crippen LogP contribution in [-0.2, 0) is 11.3 Å². The third-order valence-corrected chi connectivity index (χ3v) is 3.44. The van der Waals surface area contributed by atoms with Crippen LogP contribution in [0.25, 0.3) is 11.0 Å². The second-order valence-corrected chi connectivity index (χ2v) is 6.29. The Kier molecular flexibility index (Phi) is 5.42. The Bertz CT molecular complexity index is 583. The van der Waals surface area contributed by atoms with E-state index in [-0.39, 0.29) is 23.7 Å². The number of fused-ring (bicyclic) bond motifs is 1. The molecule has 0 unspecified atom stereocenters. The van der Waals surface area contributed by atoms with Crippen molar-refractivity contribution in [2.45, 2.75) is 33.4 Å². The summed E-state index contributed by atoms with van der Waals surface area (Å²) in [6, 6.07) is 9.25. The first-order valence-electron chi connectivity index (χ1n) is 6.77. The van der Waals surface area contributed by atoms with Crippen molar-refractivity contribution in [3.05, 3.63) is 36.1 Å². The van der Waals surface area contributed by atoms with E-state index >= 15 is 0 Å². The molecule has 1 heterocycles. The van der Waals surface area contributed by atoms with Crippen molar-refractivity contribution in [1.29, 1.82) is 0 Å². The van der Waals surface area contributed by atoms with Crippen molar-refractivity contribution in [3.63, 3.8) is 0 Å². The van der Waals surface area contributed by atoms with Gasteiger partial charge >= 0.3 is 0 Å². The van der Waals surface area contributed by atoms with Crippen molar-refractivity contribution in [1.82, 2.24) is 4.90 Å². The van der Waals surface area contributed by atoms with E-state index in [1.165, 1.54) is 0 Å². The van der Waals surface area contributed by atoms with Crippen LogP contribution in [0.4, 0.5) is 0 Å². The SMILES string of the molecule is CN(Cc1cc2ccccc2o1)C(=O)[C@@H](N)C(C)(C)C.Cl. The molecule has 1 atom stereocenters. The van der Waals surface area contributed by atoms with Gasteiger partial charge in [0.05, 0.1) is 12.6 Å². The number of hydrogen-bond donors (Lipinski definition) is 1. The normalized spacial score (nSPS) is 12.8. The van der Waals surface area contributed by atoms with Crippen molar-refractivity contribution >= 4 is 29.3 Å². The van der Waals surface area contributed by atoms with Gasteiger partial charge in [-0.05, 0) is 17.5 Å². The minimum absolute atomic E-state index is 0. The predicted octanol–water partition coefficient (Wildman–Crippen LogP) is 3.19. The fourth-order valence-corrected chi connectivity index (χ4v) is 2.03. The topological polar surface area (TPSA) is 59.5 Å². The summed E-state index contributed by atoms with van der Waals surface area (Å²) in [6.45, 7) is 6.32. The summed E-state index contributed by atoms with van der Waals surface area (Å²) in [5, 5.41) is 1.04. The number of rotatable bonds is 3. The van der Waals surface area contributed by atoms with Gasteiger partial charge in [-0.2, -0.15) is 0 Å². The molecule has 0 spiro atoms. The molecule has 0 fully saturated rings. The van der Waals surface area contributed by atoms with Gasteiger partial charge in [0.25, 0.3) is 0 Å². The Labute approximate surface area is 131 Å². The number of benzene rings is 1. The fraction of sp³-hybridized carbons (Fsp3) is 0.438. The minimum atomic E-state index is -0.517. The maximum atomic E-state index is 12.3. The summed E-state index contributed by atoms with van der Waals surface area (Å²) < 4.78 is 5.72. The monoisotopic (exact) mass is 310 g/mol. The molecule has 1 aromatic carbocycles. The largest absolute Gasteiger partial charge is 0.459 e. The number of para-hydroxylation sites is 1. The van der Waals surface area contributed by atoms with Gasteiger partial charge in [0, 0.05) is 12.4 Å². The summed E-state index contributed by atoms with van der Waals surface area (Å²) >= 11 is 0. The third kappa shape index (κ3) is 3.99. The van der Waals surface area contributed by atoms with E-state index in [9.17, 15) is 4.79 Å². The number of halogens is 1. The van der Waals surface area contributed by atoms with Crippen molar-refractivity contribution in [2.75, 3.05) is 7.05 Å². The molecule has 0 aliphatic carbocycles. The molecule has 0 aliphatic heterocycles. The molecule has 4 nitrogen and oxygen atoms in total. The van der Waals surface area contributed by atoms with Crippen molar-refractivity contribution < 1.29 is 9.21 Å². The Balaban J connectivity index is 0.00000220. The first-order chi connectivity index (χ1) is 9.29. The van der Waals surface area contributed by atoms with Crippen LogP contribution in [0, 0.1) is 5.41 Å². The number of carbonyl (C=O) groups is 1. The summed E-state index contributed by atoms with van der Waals surface area (Å²) in [6.07, 6.45) is 0. The molecular formula is C16H23ClN2O2. The lowest BCUT2D eigenvalue weighted by Crippen LogP contribution is -2.48. The van der Waals surface area contributed by atoms with E-state index in [1.807, 2.05) is 51.1 Å². The van der Waals surface area contributed by atoms with Gasteiger partial charge in [-0.15, -0.1) is 12.4 Å². The summed E-state index contributed by atoms with van der Waals surface area (Å²) in [4.78, 5) is 13.9. The average molecular weight is 311 g/mol. The highest BCUT2D eigenvalue weighted by atomic mass is 35.5. The van der Waals surface area contributed by atoms with E-state index in [1.54, 1.807) is 11.9 Å². The van der Waals surface area contributed by atoms with Gasteiger partial charge in [0.1, 0.15) is 11.3 Å². The summed E-state index contributed by atoms with van der Waals surface area (Å²) in [5.74, 6) is 0.695. The van der Waals surface area contributed by atoms with Crippen LogP contribution >= 0.6 is 12.4 Å². The van der Waals surface area contributed by atoms with Crippen LogP contribution in [0.15, 0.2) is 34.7 Å². The van der Waals surface area contributed by atoms with Crippen LogP contribution in [0.2, 0.25) is 0 Å². The van der Waals surface area contributed by atoms with Crippen LogP contribution < -0.4 is 5.73 Å². The molecule has 5 heteroatoms. The number of carbonyl (C=O) groups excluding carboxylic acids is 1. The van der Waals surface area contributed by atoms with Crippen LogP contribution in [0.3, 0.4) is 0 Å². The molecule has 21 heavy (non-hydrogen) atoms. The summed E-state index contributed by atoms with van der Waals surface area (Å²) in [7, 11) is 1.75. The van der Waals surface area contributed by atoms with Gasteiger partial charge < -0.3 is 15.1 Å². The van der Waals surface area contributed by atoms with Gasteiger partial charge in [-0.1, -0.05) is 39.0 Å². The van der Waals surface area contributed by atoms with Crippen LogP contribution in [0.5, 0.6) is 0 Å². The highest BCUT2D eigenvalue weighted by molar-refractivity contribution is 5.85. The maximum Gasteiger partial charge on any atom is 0.240 e. The number of nitrogens with zero attached hydrogens (tertiary/aromatic N) is 1. The summed E-state index contributed by atoms with van der Waals surface area (Å²) in [5.41, 5.74) is 6.59. The standard InChI is InChI=1S/C16H22N2O2.ClH/c1-16(2,3)14(17)15(19)18(4)10-12-9-11-7-5-6-8-13(11)20-12;/h5-9,14H,10,17H2,1-4H3;1H/t14-;/m1./s1. The quantitative estimate of drug-likeness (QED) is 0.947. The van der Waals surface area contributed by atoms with Gasteiger partial charge in [0.2, 0.25) is 5.91 Å². The van der Waals surface area contributed by atoms with E-state index in [2.05, 4.69) is 0 Å². The van der Waals surface area contributed by atoms with Gasteiger partial charge in [0.15, 0.2) is 0 Å². The lowest BCUT2D eigenvalue weighted by Gasteiger charge is -2.29. The molecule has 2 aromatic rings. The molecule has 1 aromatic heterocycles. The highest BCUT2D eigenvalue weighted by Gasteiger charge is 2.29. The Morgan fingerprint density at radius 1 is 1.33 bits per heavy atom.